The molecule has 29 heavy (non-hydrogen) atoms. The van der Waals surface area contributed by atoms with E-state index in [2.05, 4.69) is 4.90 Å². The number of piperazine rings is 1. The highest BCUT2D eigenvalue weighted by Crippen LogP contribution is 2.39. The average Bonchev–Trinajstić information content (AvgIpc) is 3.07. The highest BCUT2D eigenvalue weighted by atomic mass is 32.2. The fourth-order valence-corrected chi connectivity index (χ4v) is 5.79. The highest BCUT2D eigenvalue weighted by Gasteiger charge is 2.51. The molecule has 1 aromatic carbocycles. The fraction of sp³-hybridized carbons (Fsp3) is 0.684. The van der Waals surface area contributed by atoms with Crippen LogP contribution in [0.1, 0.15) is 38.7 Å². The van der Waals surface area contributed by atoms with Gasteiger partial charge in [-0.15, -0.1) is 0 Å². The standard InChI is InChI=1S/C19H27F3N2O4S/c1-13-12-23(15-5-6-16(25)11-15)9-10-24(13)29(27,28)17-7-3-14(4-8-17)18(2,26)19(20,21)22/h3-4,7-8,13,15-16,25-26H,5-6,9-12H2,1-2H3/t13?,15-,16?,18?/m0/s1. The third kappa shape index (κ3) is 4.32. The molecule has 2 fully saturated rings. The minimum Gasteiger partial charge on any atom is -0.393 e. The normalized spacial score (nSPS) is 29.7. The number of rotatable bonds is 4. The molecule has 0 radical (unpaired) electrons. The van der Waals surface area contributed by atoms with E-state index in [9.17, 15) is 31.8 Å². The van der Waals surface area contributed by atoms with Gasteiger partial charge in [-0.05, 0) is 50.8 Å². The first-order chi connectivity index (χ1) is 13.3. The lowest BCUT2D eigenvalue weighted by atomic mass is 9.96. The Balaban J connectivity index is 1.74. The largest absolute Gasteiger partial charge is 0.421 e. The first-order valence-electron chi connectivity index (χ1n) is 9.67. The van der Waals surface area contributed by atoms with Crippen LogP contribution in [0, 0.1) is 0 Å². The number of alkyl halides is 3. The summed E-state index contributed by atoms with van der Waals surface area (Å²) in [5, 5.41) is 19.5. The number of nitrogens with zero attached hydrogens (tertiary/aromatic N) is 2. The molecule has 1 saturated carbocycles. The maximum atomic E-state index is 13.0. The number of aliphatic hydroxyl groups is 2. The Labute approximate surface area is 169 Å². The predicted molar refractivity (Wildman–Crippen MR) is 101 cm³/mol. The van der Waals surface area contributed by atoms with E-state index in [4.69, 9.17) is 0 Å². The molecule has 1 heterocycles. The van der Waals surface area contributed by atoms with Crippen LogP contribution in [0.5, 0.6) is 0 Å². The molecule has 3 rings (SSSR count). The van der Waals surface area contributed by atoms with Crippen molar-refractivity contribution in [2.75, 3.05) is 19.6 Å². The van der Waals surface area contributed by atoms with Gasteiger partial charge in [0.05, 0.1) is 11.0 Å². The van der Waals surface area contributed by atoms with Gasteiger partial charge in [-0.2, -0.15) is 17.5 Å². The predicted octanol–water partition coefficient (Wildman–Crippen LogP) is 2.06. The van der Waals surface area contributed by atoms with E-state index >= 15 is 0 Å². The molecule has 6 nitrogen and oxygen atoms in total. The third-order valence-electron chi connectivity index (χ3n) is 6.07. The van der Waals surface area contributed by atoms with Crippen LogP contribution in [0.4, 0.5) is 13.2 Å². The van der Waals surface area contributed by atoms with Gasteiger partial charge in [0.2, 0.25) is 10.0 Å². The molecular weight excluding hydrogens is 409 g/mol. The molecular formula is C19H27F3N2O4S. The maximum Gasteiger partial charge on any atom is 0.421 e. The van der Waals surface area contributed by atoms with Crippen molar-refractivity contribution in [2.24, 2.45) is 0 Å². The summed E-state index contributed by atoms with van der Waals surface area (Å²) < 4.78 is 66.4. The van der Waals surface area contributed by atoms with E-state index < -0.39 is 27.4 Å². The molecule has 2 N–H and O–H groups in total. The summed E-state index contributed by atoms with van der Waals surface area (Å²) in [6.45, 7) is 3.80. The molecule has 0 amide bonds. The highest BCUT2D eigenvalue weighted by molar-refractivity contribution is 7.89. The number of halogens is 3. The lowest BCUT2D eigenvalue weighted by Gasteiger charge is -2.41. The van der Waals surface area contributed by atoms with E-state index in [1.54, 1.807) is 6.92 Å². The Morgan fingerprint density at radius 2 is 1.72 bits per heavy atom. The van der Waals surface area contributed by atoms with Crippen molar-refractivity contribution in [3.05, 3.63) is 29.8 Å². The van der Waals surface area contributed by atoms with Crippen LogP contribution in [0.25, 0.3) is 0 Å². The van der Waals surface area contributed by atoms with Crippen molar-refractivity contribution in [1.29, 1.82) is 0 Å². The zero-order chi connectivity index (χ0) is 21.6. The first-order valence-corrected chi connectivity index (χ1v) is 11.1. The Morgan fingerprint density at radius 3 is 2.21 bits per heavy atom. The molecule has 1 aliphatic heterocycles. The number of benzene rings is 1. The number of hydrogen-bond acceptors (Lipinski definition) is 5. The van der Waals surface area contributed by atoms with Crippen molar-refractivity contribution >= 4 is 10.0 Å². The van der Waals surface area contributed by atoms with E-state index in [0.717, 1.165) is 37.1 Å². The monoisotopic (exact) mass is 436 g/mol. The van der Waals surface area contributed by atoms with Crippen molar-refractivity contribution in [3.63, 3.8) is 0 Å². The Kier molecular flexibility index (Phi) is 6.05. The summed E-state index contributed by atoms with van der Waals surface area (Å²) in [7, 11) is -3.87. The summed E-state index contributed by atoms with van der Waals surface area (Å²) in [5.74, 6) is 0. The number of hydrogen-bond donors (Lipinski definition) is 2. The average molecular weight is 436 g/mol. The Morgan fingerprint density at radius 1 is 1.10 bits per heavy atom. The van der Waals surface area contributed by atoms with Gasteiger partial charge in [-0.3, -0.25) is 4.90 Å². The van der Waals surface area contributed by atoms with E-state index in [0.29, 0.717) is 26.4 Å². The van der Waals surface area contributed by atoms with Crippen molar-refractivity contribution < 1.29 is 31.8 Å². The molecule has 0 spiro atoms. The molecule has 3 unspecified atom stereocenters. The molecule has 2 aliphatic rings. The summed E-state index contributed by atoms with van der Waals surface area (Å²) in [5.41, 5.74) is -3.47. The van der Waals surface area contributed by atoms with Gasteiger partial charge in [-0.1, -0.05) is 12.1 Å². The van der Waals surface area contributed by atoms with Crippen LogP contribution < -0.4 is 0 Å². The van der Waals surface area contributed by atoms with E-state index in [1.165, 1.54) is 4.31 Å². The molecule has 0 bridgehead atoms. The first kappa shape index (κ1) is 22.5. The second-order valence-electron chi connectivity index (χ2n) is 8.17. The molecule has 164 valence electrons. The van der Waals surface area contributed by atoms with Gasteiger partial charge in [0, 0.05) is 31.7 Å². The van der Waals surface area contributed by atoms with Crippen LogP contribution >= 0.6 is 0 Å². The second-order valence-corrected chi connectivity index (χ2v) is 10.1. The van der Waals surface area contributed by atoms with Gasteiger partial charge in [-0.25, -0.2) is 8.42 Å². The summed E-state index contributed by atoms with van der Waals surface area (Å²) >= 11 is 0. The minimum atomic E-state index is -4.87. The topological polar surface area (TPSA) is 81.1 Å². The molecule has 1 aliphatic carbocycles. The van der Waals surface area contributed by atoms with Crippen molar-refractivity contribution in [2.45, 2.75) is 68.0 Å². The summed E-state index contributed by atoms with van der Waals surface area (Å²) in [4.78, 5) is 2.10. The quantitative estimate of drug-likeness (QED) is 0.755. The molecule has 1 aromatic rings. The molecule has 4 atom stereocenters. The SMILES string of the molecule is CC1CN([C@H]2CCC(O)C2)CCN1S(=O)(=O)c1ccc(C(C)(O)C(F)(F)F)cc1. The smallest absolute Gasteiger partial charge is 0.393 e. The number of sulfonamides is 1. The van der Waals surface area contributed by atoms with Crippen LogP contribution in [0.3, 0.4) is 0 Å². The maximum absolute atomic E-state index is 13.0. The lowest BCUT2D eigenvalue weighted by Crippen LogP contribution is -2.56. The molecule has 1 saturated heterocycles. The lowest BCUT2D eigenvalue weighted by molar-refractivity contribution is -0.258. The van der Waals surface area contributed by atoms with Gasteiger partial charge in [0.1, 0.15) is 0 Å². The van der Waals surface area contributed by atoms with E-state index in [1.807, 2.05) is 0 Å². The van der Waals surface area contributed by atoms with Gasteiger partial charge < -0.3 is 10.2 Å². The second kappa shape index (κ2) is 7.81. The Bertz CT molecular complexity index is 827. The van der Waals surface area contributed by atoms with Crippen LogP contribution in [-0.4, -0.2) is 71.8 Å². The van der Waals surface area contributed by atoms with Gasteiger partial charge >= 0.3 is 6.18 Å². The van der Waals surface area contributed by atoms with Crippen molar-refractivity contribution in [1.82, 2.24) is 9.21 Å². The van der Waals surface area contributed by atoms with Gasteiger partial charge in [0.15, 0.2) is 5.60 Å². The number of aliphatic hydroxyl groups excluding tert-OH is 1. The molecule has 0 aromatic heterocycles. The minimum absolute atomic E-state index is 0.101. The zero-order valence-electron chi connectivity index (χ0n) is 16.4. The van der Waals surface area contributed by atoms with E-state index in [-0.39, 0.29) is 29.6 Å². The van der Waals surface area contributed by atoms with Crippen molar-refractivity contribution in [3.8, 4) is 0 Å². The fourth-order valence-electron chi connectivity index (χ4n) is 4.17. The summed E-state index contributed by atoms with van der Waals surface area (Å²) in [6, 6.07) is 4.17. The van der Waals surface area contributed by atoms with Crippen LogP contribution in [-0.2, 0) is 15.6 Å². The van der Waals surface area contributed by atoms with Crippen LogP contribution in [0.2, 0.25) is 0 Å². The summed E-state index contributed by atoms with van der Waals surface area (Å²) in [6.07, 6.45) is -2.83. The third-order valence-corrected chi connectivity index (χ3v) is 8.09. The van der Waals surface area contributed by atoms with Crippen LogP contribution in [0.15, 0.2) is 29.2 Å². The Hall–Kier alpha value is -1.20. The molecule has 10 heteroatoms. The zero-order valence-corrected chi connectivity index (χ0v) is 17.2. The van der Waals surface area contributed by atoms with Gasteiger partial charge in [0.25, 0.3) is 0 Å².